The number of benzene rings is 8. The van der Waals surface area contributed by atoms with Gasteiger partial charge in [0, 0.05) is 47.6 Å². The van der Waals surface area contributed by atoms with E-state index < -0.39 is 0 Å². The molecule has 0 saturated heterocycles. The standard InChI is InChI=1S/C51H31N3OS/c1-4-13-32(14-5-1)33-23-25-34(26-24-33)38-29-42(47-39-19-10-11-21-43(39)55-44(47)30-38)37-27-28-40-46(31-37)56-45-22-12-20-41(48(40)45)51-53-49(35-15-6-2-7-16-35)52-50(54-51)36-17-8-3-9-18-36/h1-31H. The third-order valence-corrected chi connectivity index (χ3v) is 11.7. The van der Waals surface area contributed by atoms with Crippen molar-refractivity contribution in [3.63, 3.8) is 0 Å². The molecule has 0 unspecified atom stereocenters. The fraction of sp³-hybridized carbons (Fsp3) is 0. The second kappa shape index (κ2) is 13.3. The van der Waals surface area contributed by atoms with E-state index in [0.29, 0.717) is 17.5 Å². The van der Waals surface area contributed by atoms with Gasteiger partial charge in [-0.15, -0.1) is 11.3 Å². The molecule has 8 aromatic carbocycles. The highest BCUT2D eigenvalue weighted by molar-refractivity contribution is 7.26. The predicted octanol–water partition coefficient (Wildman–Crippen LogP) is 14.1. The summed E-state index contributed by atoms with van der Waals surface area (Å²) in [5.41, 5.74) is 11.6. The summed E-state index contributed by atoms with van der Waals surface area (Å²) in [5, 5.41) is 4.56. The van der Waals surface area contributed by atoms with E-state index in [9.17, 15) is 0 Å². The number of furan rings is 1. The van der Waals surface area contributed by atoms with Gasteiger partial charge in [0.25, 0.3) is 0 Å². The molecule has 0 aliphatic rings. The zero-order chi connectivity index (χ0) is 37.0. The van der Waals surface area contributed by atoms with Crippen molar-refractivity contribution in [2.45, 2.75) is 0 Å². The maximum atomic E-state index is 6.54. The Balaban J connectivity index is 1.07. The Kier molecular flexibility index (Phi) is 7.64. The van der Waals surface area contributed by atoms with Crippen LogP contribution >= 0.6 is 11.3 Å². The van der Waals surface area contributed by atoms with E-state index in [-0.39, 0.29) is 0 Å². The molecule has 0 radical (unpaired) electrons. The van der Waals surface area contributed by atoms with Gasteiger partial charge >= 0.3 is 0 Å². The monoisotopic (exact) mass is 733 g/mol. The van der Waals surface area contributed by atoms with Crippen molar-refractivity contribution in [2.75, 3.05) is 0 Å². The Labute approximate surface area is 327 Å². The van der Waals surface area contributed by atoms with E-state index in [1.165, 1.54) is 25.9 Å². The fourth-order valence-corrected chi connectivity index (χ4v) is 9.01. The molecule has 5 heteroatoms. The van der Waals surface area contributed by atoms with Crippen molar-refractivity contribution < 1.29 is 4.42 Å². The first-order valence-corrected chi connectivity index (χ1v) is 19.5. The summed E-state index contributed by atoms with van der Waals surface area (Å²) in [5.74, 6) is 1.96. The molecule has 0 aliphatic heterocycles. The van der Waals surface area contributed by atoms with E-state index in [2.05, 4.69) is 121 Å². The van der Waals surface area contributed by atoms with Crippen molar-refractivity contribution in [1.82, 2.24) is 15.0 Å². The summed E-state index contributed by atoms with van der Waals surface area (Å²) in [6.45, 7) is 0. The van der Waals surface area contributed by atoms with Crippen molar-refractivity contribution in [2.24, 2.45) is 0 Å². The maximum Gasteiger partial charge on any atom is 0.164 e. The Hall–Kier alpha value is -7.21. The third-order valence-electron chi connectivity index (χ3n) is 10.6. The van der Waals surface area contributed by atoms with Gasteiger partial charge in [0.05, 0.1) is 0 Å². The van der Waals surface area contributed by atoms with Crippen LogP contribution in [0.5, 0.6) is 0 Å². The Morgan fingerprint density at radius 3 is 1.59 bits per heavy atom. The third kappa shape index (κ3) is 5.56. The molecule has 0 fully saturated rings. The van der Waals surface area contributed by atoms with E-state index >= 15 is 0 Å². The topological polar surface area (TPSA) is 51.8 Å². The number of aromatic nitrogens is 3. The Morgan fingerprint density at radius 2 is 0.893 bits per heavy atom. The minimum atomic E-state index is 0.652. The molecule has 3 aromatic heterocycles. The van der Waals surface area contributed by atoms with Crippen LogP contribution < -0.4 is 0 Å². The normalized spacial score (nSPS) is 11.6. The molecular weight excluding hydrogens is 703 g/mol. The number of thiophene rings is 1. The highest BCUT2D eigenvalue weighted by Crippen LogP contribution is 2.44. The first-order valence-electron chi connectivity index (χ1n) is 18.7. The van der Waals surface area contributed by atoms with Gasteiger partial charge in [-0.25, -0.2) is 15.0 Å². The second-order valence-corrected chi connectivity index (χ2v) is 15.1. The molecule has 0 aliphatic carbocycles. The van der Waals surface area contributed by atoms with Gasteiger partial charge in [0.15, 0.2) is 17.5 Å². The highest BCUT2D eigenvalue weighted by Gasteiger charge is 2.19. The average Bonchev–Trinajstić information content (AvgIpc) is 3.85. The van der Waals surface area contributed by atoms with E-state index in [4.69, 9.17) is 19.4 Å². The van der Waals surface area contributed by atoms with E-state index in [1.807, 2.05) is 66.7 Å². The lowest BCUT2D eigenvalue weighted by molar-refractivity contribution is 0.669. The molecular formula is C51H31N3OS. The van der Waals surface area contributed by atoms with Gasteiger partial charge in [-0.3, -0.25) is 0 Å². The smallest absolute Gasteiger partial charge is 0.164 e. The van der Waals surface area contributed by atoms with Crippen molar-refractivity contribution in [1.29, 1.82) is 0 Å². The molecule has 0 saturated carbocycles. The van der Waals surface area contributed by atoms with Crippen molar-refractivity contribution in [3.05, 3.63) is 188 Å². The van der Waals surface area contributed by atoms with Gasteiger partial charge in [-0.1, -0.05) is 158 Å². The van der Waals surface area contributed by atoms with E-state index in [0.717, 1.165) is 66.3 Å². The molecule has 0 amide bonds. The number of fused-ring (bicyclic) bond motifs is 6. The van der Waals surface area contributed by atoms with Crippen molar-refractivity contribution in [3.8, 4) is 67.5 Å². The fourth-order valence-electron chi connectivity index (χ4n) is 7.84. The van der Waals surface area contributed by atoms with Crippen LogP contribution in [0.1, 0.15) is 0 Å². The predicted molar refractivity (Wildman–Crippen MR) is 233 cm³/mol. The molecule has 11 rings (SSSR count). The lowest BCUT2D eigenvalue weighted by atomic mass is 9.93. The van der Waals surface area contributed by atoms with E-state index in [1.54, 1.807) is 11.3 Å². The van der Waals surface area contributed by atoms with Gasteiger partial charge < -0.3 is 4.42 Å². The summed E-state index contributed by atoms with van der Waals surface area (Å²) in [6.07, 6.45) is 0. The quantitative estimate of drug-likeness (QED) is 0.171. The summed E-state index contributed by atoms with van der Waals surface area (Å²) < 4.78 is 8.92. The molecule has 4 nitrogen and oxygen atoms in total. The average molecular weight is 734 g/mol. The second-order valence-electron chi connectivity index (χ2n) is 14.0. The minimum absolute atomic E-state index is 0.652. The molecule has 262 valence electrons. The van der Waals surface area contributed by atoms with Crippen LogP contribution in [0.25, 0.3) is 110 Å². The van der Waals surface area contributed by atoms with Gasteiger partial charge in [0.1, 0.15) is 11.2 Å². The molecule has 0 spiro atoms. The lowest BCUT2D eigenvalue weighted by Gasteiger charge is -2.11. The number of hydrogen-bond donors (Lipinski definition) is 0. The summed E-state index contributed by atoms with van der Waals surface area (Å²) in [4.78, 5) is 15.1. The largest absolute Gasteiger partial charge is 0.456 e. The van der Waals surface area contributed by atoms with Crippen LogP contribution in [0.4, 0.5) is 0 Å². The SMILES string of the molecule is c1ccc(-c2ccc(-c3cc(-c4ccc5c(c4)sc4cccc(-c6nc(-c7ccccc7)nc(-c7ccccc7)n6)c45)c4c(c3)oc3ccccc34)cc2)cc1. The number of hydrogen-bond acceptors (Lipinski definition) is 5. The molecule has 0 atom stereocenters. The van der Waals surface area contributed by atoms with Crippen LogP contribution in [0.15, 0.2) is 192 Å². The molecule has 11 aromatic rings. The maximum absolute atomic E-state index is 6.54. The minimum Gasteiger partial charge on any atom is -0.456 e. The number of rotatable bonds is 6. The Morgan fingerprint density at radius 1 is 0.321 bits per heavy atom. The van der Waals surface area contributed by atoms with Gasteiger partial charge in [-0.05, 0) is 63.7 Å². The van der Waals surface area contributed by atoms with Crippen LogP contribution in [0.2, 0.25) is 0 Å². The first kappa shape index (κ1) is 32.2. The van der Waals surface area contributed by atoms with Crippen LogP contribution in [0.3, 0.4) is 0 Å². The Bertz CT molecular complexity index is 3170. The van der Waals surface area contributed by atoms with Crippen LogP contribution in [-0.2, 0) is 0 Å². The van der Waals surface area contributed by atoms with Crippen molar-refractivity contribution >= 4 is 53.4 Å². The van der Waals surface area contributed by atoms with Crippen LogP contribution in [0, 0.1) is 0 Å². The number of nitrogens with zero attached hydrogens (tertiary/aromatic N) is 3. The zero-order valence-electron chi connectivity index (χ0n) is 30.1. The summed E-state index contributed by atoms with van der Waals surface area (Å²) >= 11 is 1.80. The molecule has 56 heavy (non-hydrogen) atoms. The number of para-hydroxylation sites is 1. The highest BCUT2D eigenvalue weighted by atomic mass is 32.1. The summed E-state index contributed by atoms with van der Waals surface area (Å²) in [6, 6.07) is 65.7. The van der Waals surface area contributed by atoms with Gasteiger partial charge in [-0.2, -0.15) is 0 Å². The molecule has 0 N–H and O–H groups in total. The van der Waals surface area contributed by atoms with Crippen LogP contribution in [-0.4, -0.2) is 15.0 Å². The molecule has 3 heterocycles. The first-order chi connectivity index (χ1) is 27.7. The molecule has 0 bridgehead atoms. The summed E-state index contributed by atoms with van der Waals surface area (Å²) in [7, 11) is 0. The van der Waals surface area contributed by atoms with Gasteiger partial charge in [0.2, 0.25) is 0 Å². The zero-order valence-corrected chi connectivity index (χ0v) is 30.9. The lowest BCUT2D eigenvalue weighted by Crippen LogP contribution is -2.00.